The van der Waals surface area contributed by atoms with Gasteiger partial charge in [0.15, 0.2) is 11.5 Å². The highest BCUT2D eigenvalue weighted by molar-refractivity contribution is 6.39. The van der Waals surface area contributed by atoms with Crippen LogP contribution in [-0.4, -0.2) is 224 Å². The fourth-order valence-electron chi connectivity index (χ4n) is 18.8. The third-order valence-corrected chi connectivity index (χ3v) is 25.5. The second-order valence-electron chi connectivity index (χ2n) is 34.5. The Bertz CT molecular complexity index is 3630. The van der Waals surface area contributed by atoms with Gasteiger partial charge in [-0.25, -0.2) is 9.59 Å². The van der Waals surface area contributed by atoms with Crippen molar-refractivity contribution in [3.63, 3.8) is 0 Å². The number of Topliss-reactive ketones (excluding diaryl/α,β-unsaturated/α-hetero) is 4. The van der Waals surface area contributed by atoms with Crippen molar-refractivity contribution in [3.8, 4) is 0 Å². The maximum atomic E-state index is 14.9. The Morgan fingerprint density at radius 2 is 1.44 bits per heavy atom. The average molecular weight is 1580 g/mol. The number of methoxy groups -OCH3 is 3. The first-order valence-corrected chi connectivity index (χ1v) is 41.5. The van der Waals surface area contributed by atoms with Crippen molar-refractivity contribution in [2.45, 2.75) is 290 Å². The van der Waals surface area contributed by atoms with Gasteiger partial charge in [0.25, 0.3) is 11.7 Å². The molecule has 113 heavy (non-hydrogen) atoms. The highest BCUT2D eigenvalue weighted by Crippen LogP contribution is 2.64. The zero-order chi connectivity index (χ0) is 83.0. The largest absolute Gasteiger partial charge is 0.504 e. The van der Waals surface area contributed by atoms with Crippen LogP contribution in [0.5, 0.6) is 0 Å². The molecule has 0 spiro atoms. The fourth-order valence-corrected chi connectivity index (χ4v) is 18.8. The normalized spacial score (nSPS) is 35.7. The van der Waals surface area contributed by atoms with Gasteiger partial charge in [-0.05, 0) is 197 Å². The Balaban J connectivity index is 0.866. The van der Waals surface area contributed by atoms with E-state index in [1.165, 1.54) is 26.0 Å². The minimum absolute atomic E-state index is 0.0222. The van der Waals surface area contributed by atoms with E-state index < -0.39 is 148 Å². The summed E-state index contributed by atoms with van der Waals surface area (Å²) < 4.78 is 54.3. The molecule has 5 fully saturated rings. The topological polar surface area (TPSA) is 324 Å². The lowest BCUT2D eigenvalue weighted by Gasteiger charge is -2.54. The summed E-state index contributed by atoms with van der Waals surface area (Å²) in [7, 11) is 10.2. The van der Waals surface area contributed by atoms with Gasteiger partial charge in [-0.2, -0.15) is 0 Å². The molecular weight excluding hydrogens is 1450 g/mol. The number of ether oxygens (including phenoxy) is 9. The molecule has 4 heterocycles. The number of ketones is 4. The lowest BCUT2D eigenvalue weighted by Crippen LogP contribution is -2.61. The number of nitrogens with zero attached hydrogens (tertiary/aromatic N) is 3. The maximum Gasteiger partial charge on any atom is 0.340 e. The van der Waals surface area contributed by atoms with Crippen molar-refractivity contribution >= 4 is 58.9 Å². The number of fused-ring (bicyclic) bond motifs is 7. The van der Waals surface area contributed by atoms with E-state index in [-0.39, 0.29) is 104 Å². The predicted octanol–water partition coefficient (Wildman–Crippen LogP) is 11.5. The van der Waals surface area contributed by atoms with Gasteiger partial charge >= 0.3 is 29.8 Å². The summed E-state index contributed by atoms with van der Waals surface area (Å²) in [5.41, 5.74) is -0.188. The molecule has 8 aliphatic rings. The summed E-state index contributed by atoms with van der Waals surface area (Å²) in [6, 6.07) is -1.21. The molecule has 2 bridgehead atoms. The molecule has 2 saturated carbocycles. The monoisotopic (exact) mass is 1580 g/mol. The zero-order valence-corrected chi connectivity index (χ0v) is 70.1. The summed E-state index contributed by atoms with van der Waals surface area (Å²) in [6.07, 6.45) is 16.0. The van der Waals surface area contributed by atoms with Crippen LogP contribution < -0.4 is 0 Å². The summed E-state index contributed by atoms with van der Waals surface area (Å²) in [5.74, 6) is -12.3. The molecule has 0 radical (unpaired) electrons. The van der Waals surface area contributed by atoms with Crippen LogP contribution in [0, 0.1) is 52.3 Å². The van der Waals surface area contributed by atoms with Gasteiger partial charge in [0.05, 0.1) is 29.8 Å². The number of aliphatic hydroxyl groups is 3. The van der Waals surface area contributed by atoms with E-state index in [0.29, 0.717) is 120 Å². The number of amides is 1. The lowest BCUT2D eigenvalue weighted by atomic mass is 9.53. The SMILES string of the molecule is COC[C@H]1OC(=O)/C(=C\N(C)CCCCN(C)C)C2=C(O)C(=O)C3=C([C@H](OC(C)=O)C[C@@]4(C)C3CC[C@@H]4OC(=O)CCCCCCC(=O)OC3CCC(C[C@@H](C)[C@@H]4CC(=O)[C@H](C)/C=C(\C)[C@@H](O)[C@@H](OC)C(=O)[C@H](C)C[C@H](C)/C=C/C=C/C=C(\C)[C@@H](OC)C[C@@H]5CC[C@@H](C)[C@@](O)(O5)C(=O)C(=O)N5CCCCC5C(=O)O4)CC3)[C@]21C. The molecule has 1 amide bonds. The molecule has 4 aliphatic heterocycles. The minimum Gasteiger partial charge on any atom is -0.504 e. The van der Waals surface area contributed by atoms with Crippen molar-refractivity contribution in [2.24, 2.45) is 52.3 Å². The highest BCUT2D eigenvalue weighted by atomic mass is 16.6. The Hall–Kier alpha value is -7.00. The van der Waals surface area contributed by atoms with Crippen LogP contribution >= 0.6 is 0 Å². The van der Waals surface area contributed by atoms with Crippen LogP contribution in [0.25, 0.3) is 0 Å². The van der Waals surface area contributed by atoms with Crippen molar-refractivity contribution in [1.82, 2.24) is 14.7 Å². The van der Waals surface area contributed by atoms with Gasteiger partial charge in [0.1, 0.15) is 54.6 Å². The number of esters is 5. The number of cyclic esters (lactones) is 2. The van der Waals surface area contributed by atoms with Crippen molar-refractivity contribution in [3.05, 3.63) is 81.9 Å². The van der Waals surface area contributed by atoms with Crippen LogP contribution in [0.1, 0.15) is 223 Å². The van der Waals surface area contributed by atoms with Gasteiger partial charge < -0.3 is 72.7 Å². The quantitative estimate of drug-likeness (QED) is 0.0214. The Morgan fingerprint density at radius 3 is 2.10 bits per heavy atom. The van der Waals surface area contributed by atoms with Gasteiger partial charge in [-0.3, -0.25) is 38.4 Å². The molecule has 2 unspecified atom stereocenters. The fraction of sp³-hybridized carbons (Fsp3) is 0.727. The number of carbonyl (C=O) groups is 10. The van der Waals surface area contributed by atoms with Gasteiger partial charge in [-0.15, -0.1) is 0 Å². The van der Waals surface area contributed by atoms with E-state index in [4.69, 9.17) is 42.6 Å². The maximum absolute atomic E-state index is 14.9. The number of carbonyl (C=O) groups excluding carboxylic acids is 10. The Labute approximate surface area is 669 Å². The molecule has 0 aromatic heterocycles. The molecule has 3 saturated heterocycles. The molecule has 25 nitrogen and oxygen atoms in total. The number of rotatable bonds is 23. The minimum atomic E-state index is -2.49. The first-order valence-electron chi connectivity index (χ1n) is 41.5. The van der Waals surface area contributed by atoms with Gasteiger partial charge in [-0.1, -0.05) is 90.8 Å². The number of aliphatic hydroxyl groups excluding tert-OH is 2. The molecule has 8 rings (SSSR count). The Morgan fingerprint density at radius 1 is 0.761 bits per heavy atom. The average Bonchev–Trinajstić information content (AvgIpc) is 1.68. The van der Waals surface area contributed by atoms with Crippen LogP contribution in [-0.2, 0) is 90.6 Å². The summed E-state index contributed by atoms with van der Waals surface area (Å²) in [5, 5.41) is 36.0. The highest BCUT2D eigenvalue weighted by Gasteiger charge is 2.65. The lowest BCUT2D eigenvalue weighted by molar-refractivity contribution is -0.265. The Kier molecular flexibility index (Phi) is 33.4. The van der Waals surface area contributed by atoms with Crippen LogP contribution in [0.2, 0.25) is 0 Å². The first kappa shape index (κ1) is 91.5. The van der Waals surface area contributed by atoms with E-state index in [0.717, 1.165) is 25.0 Å². The molecule has 18 atom stereocenters. The van der Waals surface area contributed by atoms with E-state index in [1.807, 2.05) is 84.1 Å². The van der Waals surface area contributed by atoms with E-state index in [1.54, 1.807) is 54.0 Å². The van der Waals surface area contributed by atoms with E-state index in [9.17, 15) is 63.3 Å². The number of hydrogen-bond acceptors (Lipinski definition) is 24. The van der Waals surface area contributed by atoms with Gasteiger partial charge in [0.2, 0.25) is 11.6 Å². The van der Waals surface area contributed by atoms with Crippen LogP contribution in [0.3, 0.4) is 0 Å². The molecule has 4 aliphatic carbocycles. The van der Waals surface area contributed by atoms with Crippen LogP contribution in [0.4, 0.5) is 0 Å². The van der Waals surface area contributed by atoms with Crippen molar-refractivity contribution in [1.29, 1.82) is 0 Å². The molecule has 25 heteroatoms. The zero-order valence-electron chi connectivity index (χ0n) is 70.1. The third kappa shape index (κ3) is 22.4. The summed E-state index contributed by atoms with van der Waals surface area (Å²) in [4.78, 5) is 146. The molecule has 630 valence electrons. The van der Waals surface area contributed by atoms with Gasteiger partial charge in [0, 0.05) is 115 Å². The standard InChI is InChI=1S/C88H131N3O22/c1-52-28-20-19-21-29-53(2)67(106-15)47-62-36-33-58(7)88(104,113-62)82(100)83(101)91-43-25-24-30-65(91)85(103)110-68(48-66(93)54(3)45-57(6)78(97)81(107-16)77(96)56(5)44-52)55(4)46-60-34-37-61(38-35-60)109-72(94)31-22-17-18-23-32-73(95)111-70-40-39-64-74-76(69(108-59(8)92)49-86(64,70)9)87(10)71(51-105-14)112-84(102)63(75(87)80(99)79(74)98)50-90(13)42-27-26-41-89(11)12/h19-21,28-29,45,50,52,54-56,58,60-62,64-65,67-71,78,81,97,99,104H,17-18,22-27,30-44,46-49,51H2,1-16H3/b21-19+,28-20+,53-29+,57-45+,63-50-/t52-,54-,55-,56-,58-,60?,61?,62+,64?,65?,67+,68+,69-,70+,71-,78-,81+,86+,87+,88-/m1/s1. The van der Waals surface area contributed by atoms with E-state index >= 15 is 0 Å². The molecule has 0 aromatic carbocycles. The number of unbranched alkanes of at least 4 members (excludes halogenated alkanes) is 4. The number of hydrogen-bond donors (Lipinski definition) is 3. The molecule has 3 N–H and O–H groups in total. The second kappa shape index (κ2) is 41.2. The van der Waals surface area contributed by atoms with Crippen LogP contribution in [0.15, 0.2) is 81.9 Å². The predicted molar refractivity (Wildman–Crippen MR) is 421 cm³/mol. The molecular formula is C88H131N3O22. The summed E-state index contributed by atoms with van der Waals surface area (Å²) >= 11 is 0. The first-order chi connectivity index (χ1) is 53.5. The third-order valence-electron chi connectivity index (χ3n) is 25.5. The van der Waals surface area contributed by atoms with Crippen molar-refractivity contribution in [2.75, 3.05) is 68.7 Å². The van der Waals surface area contributed by atoms with Crippen molar-refractivity contribution < 1.29 is 106 Å². The number of allylic oxidation sites excluding steroid dienone is 7. The number of piperidine rings is 1. The summed E-state index contributed by atoms with van der Waals surface area (Å²) in [6.45, 7) is 19.0. The molecule has 0 aromatic rings. The smallest absolute Gasteiger partial charge is 0.340 e. The second-order valence-corrected chi connectivity index (χ2v) is 34.5. The van der Waals surface area contributed by atoms with E-state index in [2.05, 4.69) is 4.90 Å².